The number of fused-ring (bicyclic) bond motifs is 2. The van der Waals surface area contributed by atoms with Gasteiger partial charge in [0.1, 0.15) is 11.3 Å². The van der Waals surface area contributed by atoms with Crippen LogP contribution in [0.4, 0.5) is 11.5 Å². The number of carbonyl (C=O) groups is 3. The number of rotatable bonds is 4. The fraction of sp³-hybridized carbons (Fsp3) is 0.0870. The van der Waals surface area contributed by atoms with Crippen LogP contribution in [0.1, 0.15) is 36.6 Å². The van der Waals surface area contributed by atoms with Crippen molar-refractivity contribution in [2.45, 2.75) is 6.92 Å². The molecule has 1 aliphatic heterocycles. The van der Waals surface area contributed by atoms with Gasteiger partial charge >= 0.3 is 5.97 Å². The highest BCUT2D eigenvalue weighted by molar-refractivity contribution is 6.35. The second-order valence-electron chi connectivity index (χ2n) is 7.29. The predicted octanol–water partition coefficient (Wildman–Crippen LogP) is 3.56. The lowest BCUT2D eigenvalue weighted by molar-refractivity contribution is 0.0603. The van der Waals surface area contributed by atoms with E-state index in [1.807, 2.05) is 31.2 Å². The third-order valence-electron chi connectivity index (χ3n) is 5.38. The van der Waals surface area contributed by atoms with Gasteiger partial charge in [-0.3, -0.25) is 19.7 Å². The van der Waals surface area contributed by atoms with Crippen molar-refractivity contribution in [3.8, 4) is 11.4 Å². The number of nitrogens with zero attached hydrogens (tertiary/aromatic N) is 4. The minimum Gasteiger partial charge on any atom is -0.465 e. The third-order valence-corrected chi connectivity index (χ3v) is 5.38. The molecule has 0 saturated heterocycles. The third kappa shape index (κ3) is 2.61. The molecule has 0 atom stereocenters. The molecule has 0 spiro atoms. The van der Waals surface area contributed by atoms with Crippen LogP contribution in [0.5, 0.6) is 0 Å². The number of hydrogen-bond donors (Lipinski definition) is 1. The molecule has 158 valence electrons. The van der Waals surface area contributed by atoms with E-state index in [-0.39, 0.29) is 33.8 Å². The molecule has 0 saturated carbocycles. The van der Waals surface area contributed by atoms with Crippen molar-refractivity contribution in [1.29, 1.82) is 0 Å². The van der Waals surface area contributed by atoms with Crippen molar-refractivity contribution in [3.63, 3.8) is 0 Å². The Bertz CT molecular complexity index is 1430. The standard InChI is InChI=1S/C23H17N5O4/c1-12-7-6-8-13(11-12)18-25-19-16(23(31)32-3)17(24-2)20(28(19)26-18)27-21(29)14-9-4-5-10-15(14)22(27)30/h4-11H,2H2,1,3H3,(H,25,26). The van der Waals surface area contributed by atoms with Crippen molar-refractivity contribution in [2.24, 2.45) is 4.99 Å². The number of amides is 2. The van der Waals surface area contributed by atoms with Gasteiger partial charge in [-0.05, 0) is 31.8 Å². The topological polar surface area (TPSA) is 109 Å². The van der Waals surface area contributed by atoms with E-state index >= 15 is 0 Å². The molecule has 0 radical (unpaired) electrons. The summed E-state index contributed by atoms with van der Waals surface area (Å²) in [5.41, 5.74) is 2.52. The maximum absolute atomic E-state index is 13.2. The van der Waals surface area contributed by atoms with E-state index < -0.39 is 17.8 Å². The number of H-pyrrole nitrogens is 1. The maximum Gasteiger partial charge on any atom is 0.344 e. The van der Waals surface area contributed by atoms with Gasteiger partial charge in [-0.25, -0.2) is 19.2 Å². The first kappa shape index (κ1) is 19.4. The van der Waals surface area contributed by atoms with Gasteiger partial charge in [0.05, 0.1) is 18.2 Å². The Balaban J connectivity index is 1.80. The van der Waals surface area contributed by atoms with Gasteiger partial charge in [0.25, 0.3) is 11.8 Å². The average molecular weight is 427 g/mol. The van der Waals surface area contributed by atoms with E-state index in [4.69, 9.17) is 4.74 Å². The highest BCUT2D eigenvalue weighted by atomic mass is 16.5. The Morgan fingerprint density at radius 3 is 2.38 bits per heavy atom. The van der Waals surface area contributed by atoms with E-state index in [0.29, 0.717) is 5.82 Å². The molecule has 0 aliphatic carbocycles. The van der Waals surface area contributed by atoms with Crippen molar-refractivity contribution in [1.82, 2.24) is 14.6 Å². The van der Waals surface area contributed by atoms with Crippen LogP contribution >= 0.6 is 0 Å². The Hall–Kier alpha value is -4.53. The Morgan fingerprint density at radius 2 is 1.78 bits per heavy atom. The average Bonchev–Trinajstić information content (AvgIpc) is 3.43. The van der Waals surface area contributed by atoms with E-state index in [1.54, 1.807) is 24.3 Å². The summed E-state index contributed by atoms with van der Waals surface area (Å²) in [7, 11) is 1.23. The number of methoxy groups -OCH3 is 1. The molecule has 0 fully saturated rings. The Morgan fingerprint density at radius 1 is 1.09 bits per heavy atom. The lowest BCUT2D eigenvalue weighted by Crippen LogP contribution is -2.30. The van der Waals surface area contributed by atoms with Crippen LogP contribution in [-0.4, -0.2) is 46.2 Å². The van der Waals surface area contributed by atoms with Gasteiger partial charge in [0.2, 0.25) is 0 Å². The lowest BCUT2D eigenvalue weighted by atomic mass is 10.1. The molecule has 1 aliphatic rings. The number of ether oxygens (including phenoxy) is 1. The van der Waals surface area contributed by atoms with Gasteiger partial charge in [0, 0.05) is 5.56 Å². The van der Waals surface area contributed by atoms with Crippen LogP contribution in [0.2, 0.25) is 0 Å². The van der Waals surface area contributed by atoms with E-state index in [2.05, 4.69) is 21.8 Å². The molecule has 5 rings (SSSR count). The molecular weight excluding hydrogens is 410 g/mol. The van der Waals surface area contributed by atoms with Crippen LogP contribution in [0.25, 0.3) is 17.0 Å². The molecule has 4 aromatic rings. The molecule has 2 aromatic heterocycles. The van der Waals surface area contributed by atoms with E-state index in [1.165, 1.54) is 11.6 Å². The Labute approximate surface area is 181 Å². The first-order valence-corrected chi connectivity index (χ1v) is 9.70. The highest BCUT2D eigenvalue weighted by Crippen LogP contribution is 2.41. The van der Waals surface area contributed by atoms with Crippen molar-refractivity contribution >= 4 is 41.7 Å². The molecule has 2 aromatic carbocycles. The number of hydrogen-bond acceptors (Lipinski definition) is 6. The zero-order valence-electron chi connectivity index (χ0n) is 17.2. The Kier molecular flexibility index (Phi) is 4.26. The predicted molar refractivity (Wildman–Crippen MR) is 118 cm³/mol. The van der Waals surface area contributed by atoms with Crippen molar-refractivity contribution in [3.05, 3.63) is 70.8 Å². The number of benzene rings is 2. The number of carbonyl (C=O) groups excluding carboxylic acids is 3. The summed E-state index contributed by atoms with van der Waals surface area (Å²) in [5, 5.41) is 3.09. The van der Waals surface area contributed by atoms with Crippen LogP contribution in [-0.2, 0) is 4.74 Å². The summed E-state index contributed by atoms with van der Waals surface area (Å²) in [6.07, 6.45) is 0. The number of nitrogens with one attached hydrogen (secondary N) is 1. The van der Waals surface area contributed by atoms with Crippen LogP contribution < -0.4 is 4.90 Å². The normalized spacial score (nSPS) is 13.0. The molecule has 9 heteroatoms. The van der Waals surface area contributed by atoms with Crippen LogP contribution in [0.3, 0.4) is 0 Å². The second kappa shape index (κ2) is 7.02. The lowest BCUT2D eigenvalue weighted by Gasteiger charge is -2.14. The summed E-state index contributed by atoms with van der Waals surface area (Å²) in [6.45, 7) is 5.49. The molecule has 2 amide bonds. The maximum atomic E-state index is 13.2. The molecule has 0 unspecified atom stereocenters. The largest absolute Gasteiger partial charge is 0.465 e. The fourth-order valence-electron chi connectivity index (χ4n) is 3.93. The van der Waals surface area contributed by atoms with Crippen molar-refractivity contribution < 1.29 is 19.1 Å². The van der Waals surface area contributed by atoms with Crippen LogP contribution in [0, 0.1) is 6.92 Å². The smallest absolute Gasteiger partial charge is 0.344 e. The number of aryl methyl sites for hydroxylation is 1. The second-order valence-corrected chi connectivity index (χ2v) is 7.29. The van der Waals surface area contributed by atoms with Gasteiger partial charge in [0.15, 0.2) is 17.3 Å². The summed E-state index contributed by atoms with van der Waals surface area (Å²) in [5.74, 6) is -1.28. The summed E-state index contributed by atoms with van der Waals surface area (Å²) >= 11 is 0. The minimum absolute atomic E-state index is 0.00390. The first-order valence-electron chi connectivity index (χ1n) is 9.70. The van der Waals surface area contributed by atoms with Gasteiger partial charge in [-0.15, -0.1) is 0 Å². The zero-order chi connectivity index (χ0) is 22.6. The van der Waals surface area contributed by atoms with Crippen LogP contribution in [0.15, 0.2) is 53.5 Å². The van der Waals surface area contributed by atoms with Gasteiger partial charge in [-0.2, -0.15) is 0 Å². The molecule has 0 bridgehead atoms. The monoisotopic (exact) mass is 427 g/mol. The zero-order valence-corrected chi connectivity index (χ0v) is 17.2. The number of aliphatic imine (C=N–C) groups is 1. The number of anilines is 1. The van der Waals surface area contributed by atoms with E-state index in [0.717, 1.165) is 16.0 Å². The first-order chi connectivity index (χ1) is 15.5. The van der Waals surface area contributed by atoms with Gasteiger partial charge < -0.3 is 4.74 Å². The summed E-state index contributed by atoms with van der Waals surface area (Å²) in [6, 6.07) is 14.1. The number of aromatic amines is 1. The van der Waals surface area contributed by atoms with Gasteiger partial charge in [-0.1, -0.05) is 35.9 Å². The highest BCUT2D eigenvalue weighted by Gasteiger charge is 2.42. The fourth-order valence-corrected chi connectivity index (χ4v) is 3.93. The molecule has 1 N–H and O–H groups in total. The molecule has 32 heavy (non-hydrogen) atoms. The van der Waals surface area contributed by atoms with E-state index in [9.17, 15) is 14.4 Å². The molecule has 9 nitrogen and oxygen atoms in total. The summed E-state index contributed by atoms with van der Waals surface area (Å²) < 4.78 is 6.33. The summed E-state index contributed by atoms with van der Waals surface area (Å²) in [4.78, 5) is 48.5. The minimum atomic E-state index is -0.713. The quantitative estimate of drug-likeness (QED) is 0.304. The number of aromatic nitrogens is 3. The molecular formula is C23H17N5O4. The number of esters is 1. The SMILES string of the molecule is C=Nc1c(C(=O)OC)c2nc(-c3cccc(C)c3)[nH]n2c1N1C(=O)c2ccccc2C1=O. The van der Waals surface area contributed by atoms with Crippen molar-refractivity contribution in [2.75, 3.05) is 12.0 Å². The molecule has 3 heterocycles. The number of imide groups is 1.